The van der Waals surface area contributed by atoms with E-state index in [0.29, 0.717) is 48.1 Å². The number of rotatable bonds is 9. The van der Waals surface area contributed by atoms with E-state index in [1.165, 1.54) is 19.1 Å². The maximum Gasteiger partial charge on any atom is 0.355 e. The largest absolute Gasteiger partial charge is 0.507 e. The van der Waals surface area contributed by atoms with Crippen molar-refractivity contribution >= 4 is 23.4 Å². The number of ketones is 1. The second-order valence-electron chi connectivity index (χ2n) is 9.41. The van der Waals surface area contributed by atoms with E-state index in [-0.39, 0.29) is 35.7 Å². The van der Waals surface area contributed by atoms with Crippen molar-refractivity contribution < 1.29 is 38.4 Å². The van der Waals surface area contributed by atoms with E-state index in [1.807, 2.05) is 0 Å². The molecule has 0 saturated carbocycles. The van der Waals surface area contributed by atoms with Crippen LogP contribution in [0.4, 0.5) is 0 Å². The number of likely N-dealkylation sites (tertiary alicyclic amines) is 1. The van der Waals surface area contributed by atoms with Crippen molar-refractivity contribution in [2.75, 3.05) is 60.2 Å². The number of aromatic nitrogens is 1. The van der Waals surface area contributed by atoms with E-state index >= 15 is 0 Å². The molecule has 39 heavy (non-hydrogen) atoms. The highest BCUT2D eigenvalue weighted by Gasteiger charge is 2.46. The fourth-order valence-electron chi connectivity index (χ4n) is 5.20. The molecule has 11 heteroatoms. The molecule has 3 heterocycles. The second-order valence-corrected chi connectivity index (χ2v) is 9.41. The van der Waals surface area contributed by atoms with Crippen LogP contribution in [0.25, 0.3) is 5.76 Å². The maximum atomic E-state index is 13.5. The quantitative estimate of drug-likeness (QED) is 0.213. The van der Waals surface area contributed by atoms with E-state index < -0.39 is 23.7 Å². The van der Waals surface area contributed by atoms with Crippen LogP contribution in [0.1, 0.15) is 45.8 Å². The van der Waals surface area contributed by atoms with Crippen LogP contribution in [-0.4, -0.2) is 97.8 Å². The smallest absolute Gasteiger partial charge is 0.355 e. The Morgan fingerprint density at radius 2 is 1.79 bits per heavy atom. The van der Waals surface area contributed by atoms with Gasteiger partial charge in [-0.15, -0.1) is 0 Å². The number of nitrogens with one attached hydrogen (secondary N) is 1. The number of esters is 1. The zero-order valence-electron chi connectivity index (χ0n) is 23.0. The van der Waals surface area contributed by atoms with Crippen molar-refractivity contribution in [1.82, 2.24) is 14.8 Å². The first-order valence-electron chi connectivity index (χ1n) is 12.9. The number of ether oxygens (including phenoxy) is 4. The molecule has 11 nitrogen and oxygen atoms in total. The van der Waals surface area contributed by atoms with Gasteiger partial charge in [0.25, 0.3) is 11.7 Å². The molecule has 0 bridgehead atoms. The fraction of sp³-hybridized carbons (Fsp3) is 0.464. The number of methoxy groups -OCH3 is 2. The molecule has 2 aromatic rings. The Morgan fingerprint density at radius 1 is 1.10 bits per heavy atom. The number of carbonyl (C=O) groups is 3. The summed E-state index contributed by atoms with van der Waals surface area (Å²) < 4.78 is 21.4. The lowest BCUT2D eigenvalue weighted by Crippen LogP contribution is -2.42. The van der Waals surface area contributed by atoms with E-state index in [0.717, 1.165) is 13.1 Å². The van der Waals surface area contributed by atoms with Gasteiger partial charge in [-0.05, 0) is 44.0 Å². The molecule has 1 unspecified atom stereocenters. The van der Waals surface area contributed by atoms with Crippen LogP contribution in [-0.2, 0) is 19.1 Å². The normalized spacial score (nSPS) is 19.4. The highest BCUT2D eigenvalue weighted by molar-refractivity contribution is 6.46. The number of hydrogen-bond donors (Lipinski definition) is 2. The average Bonchev–Trinajstić information content (AvgIpc) is 3.38. The molecular weight excluding hydrogens is 506 g/mol. The lowest BCUT2D eigenvalue weighted by atomic mass is 9.93. The summed E-state index contributed by atoms with van der Waals surface area (Å²) in [6, 6.07) is 4.26. The van der Waals surface area contributed by atoms with Gasteiger partial charge in [0.05, 0.1) is 45.7 Å². The lowest BCUT2D eigenvalue weighted by Gasteiger charge is -2.31. The molecule has 1 amide bonds. The highest BCUT2D eigenvalue weighted by atomic mass is 16.5. The molecule has 2 saturated heterocycles. The molecule has 0 radical (unpaired) electrons. The van der Waals surface area contributed by atoms with Gasteiger partial charge in [0.2, 0.25) is 0 Å². The lowest BCUT2D eigenvalue weighted by molar-refractivity contribution is -0.140. The summed E-state index contributed by atoms with van der Waals surface area (Å²) in [6.45, 7) is 8.69. The molecule has 0 aliphatic carbocycles. The molecule has 2 fully saturated rings. The number of aliphatic hydroxyl groups excluding tert-OH is 1. The number of aryl methyl sites for hydroxylation is 1. The third-order valence-electron chi connectivity index (χ3n) is 7.18. The van der Waals surface area contributed by atoms with E-state index in [4.69, 9.17) is 18.9 Å². The molecular formula is C28H35N3O8. The van der Waals surface area contributed by atoms with Gasteiger partial charge < -0.3 is 33.9 Å². The van der Waals surface area contributed by atoms with Crippen LogP contribution in [0.2, 0.25) is 0 Å². The van der Waals surface area contributed by atoms with Gasteiger partial charge in [-0.3, -0.25) is 14.5 Å². The van der Waals surface area contributed by atoms with Crippen LogP contribution < -0.4 is 9.47 Å². The Hall–Kier alpha value is -3.83. The minimum atomic E-state index is -0.884. The molecule has 1 aromatic carbocycles. The van der Waals surface area contributed by atoms with Gasteiger partial charge >= 0.3 is 5.97 Å². The molecule has 2 aliphatic heterocycles. The average molecular weight is 542 g/mol. The van der Waals surface area contributed by atoms with Crippen LogP contribution in [0, 0.1) is 13.8 Å². The number of Topliss-reactive ketones (excluding diaryl/α,β-unsaturated/α-hetero) is 1. The van der Waals surface area contributed by atoms with Crippen LogP contribution in [0.3, 0.4) is 0 Å². The summed E-state index contributed by atoms with van der Waals surface area (Å²) >= 11 is 0. The van der Waals surface area contributed by atoms with Crippen molar-refractivity contribution in [2.24, 2.45) is 0 Å². The number of benzene rings is 1. The highest BCUT2D eigenvalue weighted by Crippen LogP contribution is 2.43. The first kappa shape index (κ1) is 28.2. The zero-order valence-corrected chi connectivity index (χ0v) is 23.0. The maximum absolute atomic E-state index is 13.5. The second kappa shape index (κ2) is 11.9. The van der Waals surface area contributed by atoms with Crippen molar-refractivity contribution in [3.05, 3.63) is 51.9 Å². The van der Waals surface area contributed by atoms with Crippen molar-refractivity contribution in [3.8, 4) is 11.5 Å². The Balaban J connectivity index is 1.83. The summed E-state index contributed by atoms with van der Waals surface area (Å²) in [7, 11) is 3.02. The topological polar surface area (TPSA) is 131 Å². The molecule has 1 atom stereocenters. The molecule has 4 rings (SSSR count). The molecule has 0 spiro atoms. The van der Waals surface area contributed by atoms with Gasteiger partial charge in [-0.1, -0.05) is 6.07 Å². The molecule has 1 aromatic heterocycles. The van der Waals surface area contributed by atoms with Crippen molar-refractivity contribution in [3.63, 3.8) is 0 Å². The van der Waals surface area contributed by atoms with Crippen LogP contribution in [0.5, 0.6) is 11.5 Å². The van der Waals surface area contributed by atoms with Crippen LogP contribution >= 0.6 is 0 Å². The number of amides is 1. The Bertz CT molecular complexity index is 1290. The number of H-pyrrole nitrogens is 1. The number of aromatic amines is 1. The number of carbonyl (C=O) groups excluding carboxylic acids is 3. The van der Waals surface area contributed by atoms with Gasteiger partial charge in [0.15, 0.2) is 11.5 Å². The predicted molar refractivity (Wildman–Crippen MR) is 142 cm³/mol. The number of nitrogens with zero attached hydrogens (tertiary/aromatic N) is 2. The minimum absolute atomic E-state index is 0.0604. The van der Waals surface area contributed by atoms with Gasteiger partial charge in [-0.2, -0.15) is 0 Å². The summed E-state index contributed by atoms with van der Waals surface area (Å²) in [5, 5.41) is 11.6. The number of aliphatic hydroxyl groups is 1. The number of hydrogen-bond acceptors (Lipinski definition) is 9. The zero-order chi connectivity index (χ0) is 28.3. The standard InChI is InChI=1S/C28H35N3O8/c1-6-39-28(35)23-16(2)21(17(3)29-23)25(32)22-24(18-7-8-19(36-4)20(15-18)37-5)31(27(34)26(22)33)10-9-30-11-13-38-14-12-30/h7-8,15,24,29,32H,6,9-14H2,1-5H3/b25-22+. The van der Waals surface area contributed by atoms with E-state index in [9.17, 15) is 19.5 Å². The van der Waals surface area contributed by atoms with Crippen molar-refractivity contribution in [1.29, 1.82) is 0 Å². The molecule has 2 aliphatic rings. The van der Waals surface area contributed by atoms with E-state index in [1.54, 1.807) is 39.0 Å². The third-order valence-corrected chi connectivity index (χ3v) is 7.18. The fourth-order valence-corrected chi connectivity index (χ4v) is 5.20. The van der Waals surface area contributed by atoms with Crippen molar-refractivity contribution in [2.45, 2.75) is 26.8 Å². The summed E-state index contributed by atoms with van der Waals surface area (Å²) in [5.41, 5.74) is 1.88. The SMILES string of the molecule is CCOC(=O)c1[nH]c(C)c(/C(O)=C2\C(=O)C(=O)N(CCN3CCOCC3)C2c2ccc(OC)c(OC)c2)c1C. The van der Waals surface area contributed by atoms with Gasteiger partial charge in [0, 0.05) is 37.4 Å². The Labute approximate surface area is 227 Å². The summed E-state index contributed by atoms with van der Waals surface area (Å²) in [6.07, 6.45) is 0. The van der Waals surface area contributed by atoms with Gasteiger partial charge in [0.1, 0.15) is 11.5 Å². The Morgan fingerprint density at radius 3 is 2.44 bits per heavy atom. The van der Waals surface area contributed by atoms with Gasteiger partial charge in [-0.25, -0.2) is 4.79 Å². The first-order valence-corrected chi connectivity index (χ1v) is 12.9. The predicted octanol–water partition coefficient (Wildman–Crippen LogP) is 2.58. The summed E-state index contributed by atoms with van der Waals surface area (Å²) in [4.78, 5) is 46.0. The monoisotopic (exact) mass is 541 g/mol. The molecule has 210 valence electrons. The number of morpholine rings is 1. The third kappa shape index (κ3) is 5.37. The summed E-state index contributed by atoms with van der Waals surface area (Å²) in [5.74, 6) is -1.52. The Kier molecular flexibility index (Phi) is 8.61. The minimum Gasteiger partial charge on any atom is -0.507 e. The van der Waals surface area contributed by atoms with E-state index in [2.05, 4.69) is 9.88 Å². The molecule has 2 N–H and O–H groups in total. The first-order chi connectivity index (χ1) is 18.7. The van der Waals surface area contributed by atoms with Crippen LogP contribution in [0.15, 0.2) is 23.8 Å².